The second-order valence-electron chi connectivity index (χ2n) is 8.19. The van der Waals surface area contributed by atoms with Gasteiger partial charge in [-0.25, -0.2) is 4.98 Å². The van der Waals surface area contributed by atoms with Crippen LogP contribution in [0.25, 0.3) is 0 Å². The van der Waals surface area contributed by atoms with E-state index >= 15 is 0 Å². The number of thiazole rings is 1. The lowest BCUT2D eigenvalue weighted by atomic mass is 9.89. The third kappa shape index (κ3) is 4.72. The number of hydrogen-bond donors (Lipinski definition) is 5. The fourth-order valence-electron chi connectivity index (χ4n) is 3.70. The number of nitrogens with one attached hydrogen (secondary N) is 1. The van der Waals surface area contributed by atoms with Crippen LogP contribution in [0, 0.1) is 12.3 Å². The van der Waals surface area contributed by atoms with E-state index in [0.717, 1.165) is 23.1 Å². The number of nitrogen functional groups attached to an aromatic ring is 3. The fourth-order valence-corrected chi connectivity index (χ4v) is 7.00. The maximum absolute atomic E-state index is 12.9. The number of β-lactam (4-membered cyclic amide) rings is 1. The van der Waals surface area contributed by atoms with E-state index in [1.54, 1.807) is 18.5 Å². The Morgan fingerprint density at radius 2 is 2.19 bits per heavy atom. The Morgan fingerprint density at radius 3 is 2.83 bits per heavy atom. The van der Waals surface area contributed by atoms with Gasteiger partial charge in [-0.15, -0.1) is 27.8 Å². The van der Waals surface area contributed by atoms with Crippen molar-refractivity contribution in [1.82, 2.24) is 20.2 Å². The summed E-state index contributed by atoms with van der Waals surface area (Å²) in [6.07, 6.45) is 1.61. The first-order chi connectivity index (χ1) is 17.1. The van der Waals surface area contributed by atoms with Crippen molar-refractivity contribution in [1.29, 1.82) is 0 Å². The second-order valence-corrected chi connectivity index (χ2v) is 11.1. The first kappa shape index (κ1) is 25.8. The van der Waals surface area contributed by atoms with Crippen molar-refractivity contribution < 1.29 is 29.0 Å². The summed E-state index contributed by atoms with van der Waals surface area (Å²) in [5.41, 5.74) is 11.1. The Labute approximate surface area is 217 Å². The molecule has 0 saturated carbocycles. The van der Waals surface area contributed by atoms with Crippen LogP contribution in [0.5, 0.6) is 0 Å². The van der Waals surface area contributed by atoms with E-state index in [1.807, 2.05) is 0 Å². The molecule has 2 aliphatic heterocycles. The molecule has 8 N–H and O–H groups in total. The lowest BCUT2D eigenvalue weighted by molar-refractivity contribution is -0.682. The highest BCUT2D eigenvalue weighted by Gasteiger charge is 2.57. The number of fused-ring (bicyclic) bond motifs is 1. The molecule has 4 heterocycles. The number of carboxylic acids is 1. The van der Waals surface area contributed by atoms with E-state index in [-0.39, 0.29) is 34.6 Å². The van der Waals surface area contributed by atoms with Gasteiger partial charge in [0, 0.05) is 23.4 Å². The van der Waals surface area contributed by atoms with Gasteiger partial charge in [0.05, 0.1) is 5.56 Å². The predicted octanol–water partition coefficient (Wildman–Crippen LogP) is -1.37. The van der Waals surface area contributed by atoms with Crippen molar-refractivity contribution in [3.63, 3.8) is 0 Å². The molecule has 2 aliphatic rings. The van der Waals surface area contributed by atoms with Gasteiger partial charge in [0.2, 0.25) is 11.7 Å². The predicted molar refractivity (Wildman–Crippen MR) is 134 cm³/mol. The summed E-state index contributed by atoms with van der Waals surface area (Å²) >= 11 is 3.57. The number of oxime groups is 1. The highest BCUT2D eigenvalue weighted by Crippen LogP contribution is 2.44. The summed E-state index contributed by atoms with van der Waals surface area (Å²) in [6.45, 7) is 1.74. The number of carbonyl (C=O) groups excluding carboxylic acids is 2. The van der Waals surface area contributed by atoms with Crippen LogP contribution in [0.2, 0.25) is 0 Å². The molecule has 0 aliphatic carbocycles. The number of aromatic nitrogens is 3. The third-order valence-corrected chi connectivity index (χ3v) is 9.22. The van der Waals surface area contributed by atoms with Gasteiger partial charge in [-0.3, -0.25) is 20.2 Å². The summed E-state index contributed by atoms with van der Waals surface area (Å²) in [5.74, 6) is 4.50. The first-order valence-electron chi connectivity index (χ1n) is 10.4. The molecular formula is C19H24N9O5S3+. The number of amides is 2. The molecule has 192 valence electrons. The monoisotopic (exact) mass is 554 g/mol. The summed E-state index contributed by atoms with van der Waals surface area (Å²) in [6, 6.07) is -0.843. The smallest absolute Gasteiger partial charge is 0.384 e. The minimum atomic E-state index is -1.24. The molecule has 3 atom stereocenters. The van der Waals surface area contributed by atoms with Gasteiger partial charge in [-0.2, -0.15) is 0 Å². The van der Waals surface area contributed by atoms with Crippen LogP contribution in [-0.4, -0.2) is 80.0 Å². The molecule has 4 rings (SSSR count). The van der Waals surface area contributed by atoms with Gasteiger partial charge in [0.15, 0.2) is 10.8 Å². The van der Waals surface area contributed by atoms with Crippen LogP contribution in [0.3, 0.4) is 0 Å². The maximum atomic E-state index is 12.9. The van der Waals surface area contributed by atoms with Crippen molar-refractivity contribution in [3.05, 3.63) is 22.8 Å². The number of hydrogen-bond acceptors (Lipinski definition) is 13. The minimum Gasteiger partial charge on any atom is -0.481 e. The van der Waals surface area contributed by atoms with E-state index in [0.29, 0.717) is 16.5 Å². The topological polar surface area (TPSA) is 216 Å². The second kappa shape index (κ2) is 9.98. The molecule has 0 spiro atoms. The molecule has 2 fully saturated rings. The van der Waals surface area contributed by atoms with E-state index in [4.69, 9.17) is 22.1 Å². The number of thioether (sulfide) groups is 2. The third-order valence-electron chi connectivity index (χ3n) is 5.70. The molecule has 2 amide bonds. The van der Waals surface area contributed by atoms with Crippen LogP contribution < -0.4 is 27.3 Å². The zero-order chi connectivity index (χ0) is 26.2. The molecule has 2 aromatic rings. The molecule has 36 heavy (non-hydrogen) atoms. The molecule has 0 aromatic carbocycles. The Balaban J connectivity index is 1.44. The van der Waals surface area contributed by atoms with Crippen LogP contribution in [0.4, 0.5) is 10.9 Å². The number of rotatable bonds is 8. The number of nitrogens with two attached hydrogens (primary N) is 3. The molecular weight excluding hydrogens is 530 g/mol. The van der Waals surface area contributed by atoms with Gasteiger partial charge < -0.3 is 31.6 Å². The number of nitrogens with zero attached hydrogens (tertiary/aromatic N) is 5. The zero-order valence-corrected chi connectivity index (χ0v) is 21.7. The normalized spacial score (nSPS) is 23.6. The summed E-state index contributed by atoms with van der Waals surface area (Å²) < 4.78 is 1.29. The summed E-state index contributed by atoms with van der Waals surface area (Å²) in [5, 5.41) is 18.2. The molecule has 0 radical (unpaired) electrons. The van der Waals surface area contributed by atoms with Gasteiger partial charge in [0.25, 0.3) is 5.91 Å². The van der Waals surface area contributed by atoms with Gasteiger partial charge in [-0.1, -0.05) is 5.16 Å². The summed E-state index contributed by atoms with van der Waals surface area (Å²) in [7, 11) is 1.28. The molecule has 14 nitrogen and oxygen atoms in total. The highest BCUT2D eigenvalue weighted by atomic mass is 32.2. The van der Waals surface area contributed by atoms with E-state index in [1.165, 1.54) is 28.4 Å². The van der Waals surface area contributed by atoms with E-state index in [2.05, 4.69) is 20.4 Å². The maximum Gasteiger partial charge on any atom is 0.384 e. The number of carbonyl (C=O) groups is 3. The van der Waals surface area contributed by atoms with Gasteiger partial charge >= 0.3 is 11.1 Å². The Hall–Kier alpha value is -3.31. The van der Waals surface area contributed by atoms with Gasteiger partial charge in [0.1, 0.15) is 35.8 Å². The Bertz CT molecular complexity index is 1260. The van der Waals surface area contributed by atoms with Crippen LogP contribution in [0.1, 0.15) is 11.3 Å². The van der Waals surface area contributed by atoms with Crippen molar-refractivity contribution in [2.45, 2.75) is 23.5 Å². The Morgan fingerprint density at radius 1 is 1.44 bits per heavy atom. The van der Waals surface area contributed by atoms with E-state index in [9.17, 15) is 19.5 Å². The fraction of sp³-hybridized carbons (Fsp3) is 0.421. The zero-order valence-electron chi connectivity index (χ0n) is 19.2. The average molecular weight is 555 g/mol. The van der Waals surface area contributed by atoms with Crippen molar-refractivity contribution in [2.24, 2.45) is 10.6 Å². The lowest BCUT2D eigenvalue weighted by Gasteiger charge is -2.53. The Kier molecular flexibility index (Phi) is 7.14. The first-order valence-corrected chi connectivity index (χ1v) is 13.3. The molecule has 2 unspecified atom stereocenters. The standard InChI is InChI=1S/C19H23N9O5S3/c1-8-3-28(22)18(25-12(8)20)36-7-19(16(31)32)5-27-14(30)11(15(27)35-6-19)24-13(29)10(26-33-2)9-4-34-17(21)23-9/h3-4,11,15,20H,5-7,22H2,1-2H3,(H4,21,23,24,29,31,32)/p+1/t11?,15-,19?/m1/s1. The number of anilines is 2. The lowest BCUT2D eigenvalue weighted by Crippen LogP contribution is -2.74. The quantitative estimate of drug-likeness (QED) is 0.0485. The molecule has 0 bridgehead atoms. The van der Waals surface area contributed by atoms with Crippen LogP contribution >= 0.6 is 34.9 Å². The van der Waals surface area contributed by atoms with Crippen molar-refractivity contribution >= 4 is 69.3 Å². The minimum absolute atomic E-state index is 0.0221. The summed E-state index contributed by atoms with van der Waals surface area (Å²) in [4.78, 5) is 52.5. The van der Waals surface area contributed by atoms with Crippen LogP contribution in [0.15, 0.2) is 21.9 Å². The number of carboxylic acid groups (broad SMARTS) is 1. The van der Waals surface area contributed by atoms with Crippen LogP contribution in [-0.2, 0) is 19.2 Å². The van der Waals surface area contributed by atoms with E-state index < -0.39 is 34.6 Å². The van der Waals surface area contributed by atoms with Gasteiger partial charge in [-0.05, 0) is 23.7 Å². The number of aliphatic carboxylic acids is 1. The molecule has 2 aromatic heterocycles. The number of aryl methyl sites for hydroxylation is 1. The van der Waals surface area contributed by atoms with Crippen molar-refractivity contribution in [3.8, 4) is 0 Å². The largest absolute Gasteiger partial charge is 0.481 e. The SMILES string of the molecule is CON=C(C(=O)NC1C(=O)N2CC(CSc3nc(N)c(C)c[n+]3N)(C(=O)O)CS[C@H]12)c1csc(N)n1. The molecule has 17 heteroatoms. The average Bonchev–Trinajstić information content (AvgIpc) is 3.27. The van der Waals surface area contributed by atoms with Crippen molar-refractivity contribution in [2.75, 3.05) is 42.5 Å². The highest BCUT2D eigenvalue weighted by molar-refractivity contribution is 8.00. The molecule has 2 saturated heterocycles.